The molecule has 7 heteroatoms. The SMILES string of the molecule is CC(C)[C@@H](NCc1ccc(NC(=O)C2CCN(C)CC2)cc1)c1ccc(C(=O)NO)cc1. The van der Waals surface area contributed by atoms with Crippen LogP contribution in [0.1, 0.15) is 54.2 Å². The second-order valence-electron chi connectivity index (χ2n) is 8.93. The summed E-state index contributed by atoms with van der Waals surface area (Å²) >= 11 is 0. The van der Waals surface area contributed by atoms with Gasteiger partial charge in [-0.1, -0.05) is 38.1 Å². The van der Waals surface area contributed by atoms with Crippen LogP contribution in [0.4, 0.5) is 5.69 Å². The maximum absolute atomic E-state index is 12.5. The molecule has 0 unspecified atom stereocenters. The fraction of sp³-hybridized carbons (Fsp3) is 0.440. The van der Waals surface area contributed by atoms with Crippen LogP contribution in [-0.4, -0.2) is 42.1 Å². The van der Waals surface area contributed by atoms with E-state index in [1.807, 2.05) is 36.4 Å². The van der Waals surface area contributed by atoms with Gasteiger partial charge in [0.15, 0.2) is 0 Å². The van der Waals surface area contributed by atoms with Crippen LogP contribution in [0.15, 0.2) is 48.5 Å². The first kappa shape index (κ1) is 23.9. The number of piperidine rings is 1. The van der Waals surface area contributed by atoms with Crippen LogP contribution in [0.5, 0.6) is 0 Å². The maximum Gasteiger partial charge on any atom is 0.274 e. The Balaban J connectivity index is 1.55. The van der Waals surface area contributed by atoms with Gasteiger partial charge in [-0.05, 0) is 74.3 Å². The molecule has 2 aromatic rings. The van der Waals surface area contributed by atoms with Gasteiger partial charge in [0.05, 0.1) is 0 Å². The lowest BCUT2D eigenvalue weighted by atomic mass is 9.95. The van der Waals surface area contributed by atoms with Crippen molar-refractivity contribution < 1.29 is 14.8 Å². The molecular weight excluding hydrogens is 404 g/mol. The molecule has 4 N–H and O–H groups in total. The van der Waals surface area contributed by atoms with Crippen LogP contribution in [0.25, 0.3) is 0 Å². The number of nitrogens with zero attached hydrogens (tertiary/aromatic N) is 1. The molecule has 0 bridgehead atoms. The van der Waals surface area contributed by atoms with E-state index >= 15 is 0 Å². The number of carbonyl (C=O) groups is 2. The average Bonchev–Trinajstić information content (AvgIpc) is 2.80. The van der Waals surface area contributed by atoms with Crippen LogP contribution in [-0.2, 0) is 11.3 Å². The van der Waals surface area contributed by atoms with Gasteiger partial charge < -0.3 is 15.5 Å². The fourth-order valence-corrected chi connectivity index (χ4v) is 4.09. The van der Waals surface area contributed by atoms with Gasteiger partial charge in [-0.3, -0.25) is 14.8 Å². The Hall–Kier alpha value is -2.74. The zero-order valence-electron chi connectivity index (χ0n) is 19.1. The van der Waals surface area contributed by atoms with E-state index in [1.165, 1.54) is 0 Å². The van der Waals surface area contributed by atoms with Crippen LogP contribution >= 0.6 is 0 Å². The van der Waals surface area contributed by atoms with E-state index in [0.717, 1.165) is 42.7 Å². The molecule has 0 aliphatic carbocycles. The summed E-state index contributed by atoms with van der Waals surface area (Å²) in [5.74, 6) is 0.0329. The predicted molar refractivity (Wildman–Crippen MR) is 125 cm³/mol. The molecule has 1 aliphatic heterocycles. The lowest BCUT2D eigenvalue weighted by Gasteiger charge is -2.28. The fourth-order valence-electron chi connectivity index (χ4n) is 4.09. The van der Waals surface area contributed by atoms with Gasteiger partial charge in [0, 0.05) is 29.8 Å². The molecule has 1 fully saturated rings. The third-order valence-corrected chi connectivity index (χ3v) is 6.14. The van der Waals surface area contributed by atoms with E-state index in [1.54, 1.807) is 17.6 Å². The topological polar surface area (TPSA) is 93.7 Å². The Morgan fingerprint density at radius 2 is 1.66 bits per heavy atom. The standard InChI is InChI=1S/C25H34N4O3/c1-17(2)23(19-6-8-20(9-7-19)25(31)28-32)26-16-18-4-10-22(11-5-18)27-24(30)21-12-14-29(3)15-13-21/h4-11,17,21,23,26,32H,12-16H2,1-3H3,(H,27,30)(H,28,31)/t23-/m1/s1. The van der Waals surface area contributed by atoms with E-state index in [-0.39, 0.29) is 17.9 Å². The second kappa shape index (κ2) is 11.2. The van der Waals surface area contributed by atoms with Crippen molar-refractivity contribution in [1.29, 1.82) is 0 Å². The smallest absolute Gasteiger partial charge is 0.274 e. The van der Waals surface area contributed by atoms with Crippen molar-refractivity contribution >= 4 is 17.5 Å². The molecule has 172 valence electrons. The Labute approximate surface area is 190 Å². The highest BCUT2D eigenvalue weighted by molar-refractivity contribution is 5.93. The molecule has 0 saturated carbocycles. The van der Waals surface area contributed by atoms with Gasteiger partial charge in [-0.15, -0.1) is 0 Å². The molecule has 0 radical (unpaired) electrons. The van der Waals surface area contributed by atoms with Crippen molar-refractivity contribution in [3.63, 3.8) is 0 Å². The van der Waals surface area contributed by atoms with Crippen LogP contribution < -0.4 is 16.1 Å². The Morgan fingerprint density at radius 3 is 2.22 bits per heavy atom. The minimum absolute atomic E-state index is 0.0918. The van der Waals surface area contributed by atoms with Crippen LogP contribution in [0.2, 0.25) is 0 Å². The molecule has 7 nitrogen and oxygen atoms in total. The summed E-state index contributed by atoms with van der Waals surface area (Å²) in [5.41, 5.74) is 5.11. The highest BCUT2D eigenvalue weighted by atomic mass is 16.5. The van der Waals surface area contributed by atoms with Crippen LogP contribution in [0, 0.1) is 11.8 Å². The summed E-state index contributed by atoms with van der Waals surface area (Å²) in [6, 6.07) is 15.3. The van der Waals surface area contributed by atoms with Gasteiger partial charge in [0.2, 0.25) is 5.91 Å². The Morgan fingerprint density at radius 1 is 1.03 bits per heavy atom. The lowest BCUT2D eigenvalue weighted by molar-refractivity contribution is -0.121. The second-order valence-corrected chi connectivity index (χ2v) is 8.93. The molecule has 1 saturated heterocycles. The number of amides is 2. The molecule has 0 aromatic heterocycles. The number of likely N-dealkylation sites (tertiary alicyclic amines) is 1. The van der Waals surface area contributed by atoms with E-state index in [9.17, 15) is 9.59 Å². The molecule has 2 aromatic carbocycles. The molecule has 32 heavy (non-hydrogen) atoms. The zero-order valence-corrected chi connectivity index (χ0v) is 19.1. The van der Waals surface area contributed by atoms with Gasteiger partial charge in [-0.2, -0.15) is 0 Å². The number of hydroxylamine groups is 1. The summed E-state index contributed by atoms with van der Waals surface area (Å²) in [6.45, 7) is 6.92. The maximum atomic E-state index is 12.5. The first-order valence-electron chi connectivity index (χ1n) is 11.2. The number of hydrogen-bond donors (Lipinski definition) is 4. The summed E-state index contributed by atoms with van der Waals surface area (Å²) in [6.07, 6.45) is 1.82. The Kier molecular flexibility index (Phi) is 8.39. The van der Waals surface area contributed by atoms with Crippen molar-refractivity contribution in [3.8, 4) is 0 Å². The molecule has 2 amide bonds. The number of anilines is 1. The minimum Gasteiger partial charge on any atom is -0.326 e. The summed E-state index contributed by atoms with van der Waals surface area (Å²) in [5, 5.41) is 15.4. The highest BCUT2D eigenvalue weighted by Gasteiger charge is 2.23. The molecule has 3 rings (SSSR count). The van der Waals surface area contributed by atoms with Crippen molar-refractivity contribution in [2.24, 2.45) is 11.8 Å². The summed E-state index contributed by atoms with van der Waals surface area (Å²) in [4.78, 5) is 26.3. The third-order valence-electron chi connectivity index (χ3n) is 6.14. The monoisotopic (exact) mass is 438 g/mol. The van der Waals surface area contributed by atoms with E-state index in [2.05, 4.69) is 36.4 Å². The van der Waals surface area contributed by atoms with Crippen molar-refractivity contribution in [3.05, 3.63) is 65.2 Å². The van der Waals surface area contributed by atoms with E-state index in [0.29, 0.717) is 18.0 Å². The van der Waals surface area contributed by atoms with Crippen molar-refractivity contribution in [2.45, 2.75) is 39.3 Å². The molecule has 0 spiro atoms. The van der Waals surface area contributed by atoms with Crippen molar-refractivity contribution in [2.75, 3.05) is 25.5 Å². The number of hydrogen-bond acceptors (Lipinski definition) is 5. The molecular formula is C25H34N4O3. The zero-order chi connectivity index (χ0) is 23.1. The number of rotatable bonds is 8. The molecule has 1 heterocycles. The lowest BCUT2D eigenvalue weighted by Crippen LogP contribution is -2.35. The first-order chi connectivity index (χ1) is 15.4. The van der Waals surface area contributed by atoms with Gasteiger partial charge >= 0.3 is 0 Å². The largest absolute Gasteiger partial charge is 0.326 e. The van der Waals surface area contributed by atoms with Crippen LogP contribution in [0.3, 0.4) is 0 Å². The molecule has 1 aliphatic rings. The average molecular weight is 439 g/mol. The first-order valence-corrected chi connectivity index (χ1v) is 11.2. The number of carbonyl (C=O) groups excluding carboxylic acids is 2. The Bertz CT molecular complexity index is 888. The summed E-state index contributed by atoms with van der Waals surface area (Å²) in [7, 11) is 2.09. The third kappa shape index (κ3) is 6.38. The summed E-state index contributed by atoms with van der Waals surface area (Å²) < 4.78 is 0. The normalized spacial score (nSPS) is 16.0. The number of benzene rings is 2. The van der Waals surface area contributed by atoms with E-state index < -0.39 is 5.91 Å². The molecule has 1 atom stereocenters. The van der Waals surface area contributed by atoms with Gasteiger partial charge in [0.1, 0.15) is 0 Å². The predicted octanol–water partition coefficient (Wildman–Crippen LogP) is 3.57. The van der Waals surface area contributed by atoms with Gasteiger partial charge in [0.25, 0.3) is 5.91 Å². The highest BCUT2D eigenvalue weighted by Crippen LogP contribution is 2.23. The van der Waals surface area contributed by atoms with E-state index in [4.69, 9.17) is 5.21 Å². The number of nitrogens with one attached hydrogen (secondary N) is 3. The quantitative estimate of drug-likeness (QED) is 0.373. The minimum atomic E-state index is -0.520. The van der Waals surface area contributed by atoms with Gasteiger partial charge in [-0.25, -0.2) is 5.48 Å². The van der Waals surface area contributed by atoms with Crippen molar-refractivity contribution in [1.82, 2.24) is 15.7 Å².